The predicted octanol–water partition coefficient (Wildman–Crippen LogP) is 8.89. The van der Waals surface area contributed by atoms with Gasteiger partial charge in [0.25, 0.3) is 0 Å². The van der Waals surface area contributed by atoms with Gasteiger partial charge < -0.3 is 0 Å². The van der Waals surface area contributed by atoms with E-state index in [2.05, 4.69) is 111 Å². The van der Waals surface area contributed by atoms with E-state index in [1.165, 1.54) is 27.6 Å². The van der Waals surface area contributed by atoms with Crippen LogP contribution < -0.4 is 0 Å². The molecular formula is C25H32Cl2OSi2Zr-2. The molecule has 0 saturated heterocycles. The van der Waals surface area contributed by atoms with Crippen molar-refractivity contribution in [3.63, 3.8) is 0 Å². The molecular weight excluding hydrogens is 535 g/mol. The number of hydrogen-bond donors (Lipinski definition) is 0. The average Bonchev–Trinajstić information content (AvgIpc) is 3.40. The van der Waals surface area contributed by atoms with Crippen LogP contribution in [0.15, 0.2) is 84.9 Å². The minimum absolute atomic E-state index is 0.361. The summed E-state index contributed by atoms with van der Waals surface area (Å²) >= 11 is -1.85. The van der Waals surface area contributed by atoms with Crippen LogP contribution in [-0.2, 0) is 22.4 Å². The molecule has 0 aliphatic heterocycles. The quantitative estimate of drug-likeness (QED) is 0.133. The molecule has 166 valence electrons. The van der Waals surface area contributed by atoms with Crippen LogP contribution in [0.1, 0.15) is 6.42 Å². The summed E-state index contributed by atoms with van der Waals surface area (Å²) in [5.74, 6) is 0. The number of benzene rings is 2. The van der Waals surface area contributed by atoms with E-state index in [4.69, 9.17) is 21.5 Å². The van der Waals surface area contributed by atoms with Gasteiger partial charge in [0.1, 0.15) is 0 Å². The summed E-state index contributed by atoms with van der Waals surface area (Å²) in [6.45, 7) is 9.81. The Morgan fingerprint density at radius 3 is 1.74 bits per heavy atom. The van der Waals surface area contributed by atoms with Gasteiger partial charge in [-0.15, -0.1) is 59.3 Å². The van der Waals surface area contributed by atoms with Crippen molar-refractivity contribution in [1.29, 1.82) is 0 Å². The fraction of sp³-hybridized carbons (Fsp3) is 0.280. The largest absolute Gasteiger partial charge is 0.168 e. The second kappa shape index (κ2) is 13.9. The molecule has 0 spiro atoms. The minimum Gasteiger partial charge on any atom is -0.168 e. The Morgan fingerprint density at radius 1 is 0.839 bits per heavy atom. The Balaban J connectivity index is 0.000000168. The van der Waals surface area contributed by atoms with Crippen LogP contribution in [0.5, 0.6) is 0 Å². The smallest absolute Gasteiger partial charge is 0.0809 e. The van der Waals surface area contributed by atoms with Crippen LogP contribution in [0.3, 0.4) is 0 Å². The van der Waals surface area contributed by atoms with Crippen LogP contribution in [0.25, 0.3) is 21.5 Å². The molecule has 6 heteroatoms. The van der Waals surface area contributed by atoms with E-state index in [9.17, 15) is 0 Å². The molecule has 0 heterocycles. The standard InChI is InChI=1S/2C9H7.C7H18OSi2.2ClH.Zr/c2*1-2-5-9-7-3-6-8(9)4-1;1-9-7-5-6-8-10(2,3)4;;;/h2*1-7H;5-7H2,1-4H3;2*1H;/q2*-1;;;;+2/p-2. The molecule has 0 atom stereocenters. The van der Waals surface area contributed by atoms with Crippen molar-refractivity contribution in [1.82, 2.24) is 0 Å². The Morgan fingerprint density at radius 2 is 1.32 bits per heavy atom. The van der Waals surface area contributed by atoms with Gasteiger partial charge in [0.15, 0.2) is 0 Å². The SMILES string of the molecule is C[Si](CCCO[Si](C)(C)C)=[Zr]([Cl])[Cl].c1ccc2[cH-]ccc2c1.c1ccc2[cH-]ccc2c1. The van der Waals surface area contributed by atoms with E-state index >= 15 is 0 Å². The molecule has 0 fully saturated rings. The van der Waals surface area contributed by atoms with Gasteiger partial charge in [0.2, 0.25) is 0 Å². The van der Waals surface area contributed by atoms with Crippen LogP contribution in [0.2, 0.25) is 32.2 Å². The van der Waals surface area contributed by atoms with Crippen LogP contribution in [0, 0.1) is 0 Å². The zero-order valence-electron chi connectivity index (χ0n) is 18.9. The van der Waals surface area contributed by atoms with Crippen LogP contribution in [0.4, 0.5) is 0 Å². The molecule has 0 aliphatic carbocycles. The minimum atomic E-state index is -1.85. The Hall–Kier alpha value is -0.483. The Bertz CT molecular complexity index is 949. The molecule has 1 nitrogen and oxygen atoms in total. The van der Waals surface area contributed by atoms with Gasteiger partial charge in [-0.2, -0.15) is 35.0 Å². The van der Waals surface area contributed by atoms with Gasteiger partial charge in [-0.1, -0.05) is 12.1 Å². The van der Waals surface area contributed by atoms with Crippen LogP contribution >= 0.6 is 17.0 Å². The molecule has 0 aliphatic rings. The summed E-state index contributed by atoms with van der Waals surface area (Å²) in [5.41, 5.74) is -0.361. The van der Waals surface area contributed by atoms with Crippen molar-refractivity contribution >= 4 is 52.3 Å². The van der Waals surface area contributed by atoms with Gasteiger partial charge in [0.05, 0.1) is 0 Å². The second-order valence-electron chi connectivity index (χ2n) is 8.41. The number of rotatable bonds is 5. The molecule has 4 rings (SSSR count). The van der Waals surface area contributed by atoms with Gasteiger partial charge in [-0.05, 0) is 0 Å². The third kappa shape index (κ3) is 10.8. The van der Waals surface area contributed by atoms with Crippen molar-refractivity contribution in [3.05, 3.63) is 84.9 Å². The van der Waals surface area contributed by atoms with E-state index in [-0.39, 0.29) is 5.43 Å². The summed E-state index contributed by atoms with van der Waals surface area (Å²) in [4.78, 5) is 0. The molecule has 0 bridgehead atoms. The fourth-order valence-electron chi connectivity index (χ4n) is 2.95. The predicted molar refractivity (Wildman–Crippen MR) is 141 cm³/mol. The molecule has 0 amide bonds. The average molecular weight is 567 g/mol. The van der Waals surface area contributed by atoms with Crippen molar-refractivity contribution in [2.75, 3.05) is 6.61 Å². The van der Waals surface area contributed by atoms with E-state index in [0.29, 0.717) is 0 Å². The first-order valence-electron chi connectivity index (χ1n) is 10.6. The van der Waals surface area contributed by atoms with Gasteiger partial charge in [-0.25, -0.2) is 0 Å². The third-order valence-corrected chi connectivity index (χ3v) is 25.5. The molecule has 0 aromatic heterocycles. The number of halogens is 2. The summed E-state index contributed by atoms with van der Waals surface area (Å²) in [5, 5.41) is 5.32. The molecule has 0 unspecified atom stereocenters. The molecule has 31 heavy (non-hydrogen) atoms. The molecule has 4 aromatic rings. The van der Waals surface area contributed by atoms with Gasteiger partial charge in [-0.3, -0.25) is 0 Å². The maximum atomic E-state index is 5.97. The van der Waals surface area contributed by atoms with Crippen molar-refractivity contribution in [2.45, 2.75) is 38.7 Å². The van der Waals surface area contributed by atoms with E-state index in [1.54, 1.807) is 0 Å². The zero-order valence-corrected chi connectivity index (χ0v) is 24.8. The summed E-state index contributed by atoms with van der Waals surface area (Å²) in [6.07, 6.45) is 1.15. The van der Waals surface area contributed by atoms with E-state index in [0.717, 1.165) is 13.0 Å². The number of hydrogen-bond acceptors (Lipinski definition) is 1. The Kier molecular flexibility index (Phi) is 12.0. The third-order valence-electron chi connectivity index (χ3n) is 4.65. The maximum Gasteiger partial charge on any atom is -0.0809 e. The van der Waals surface area contributed by atoms with Gasteiger partial charge >= 0.3 is 98.4 Å². The van der Waals surface area contributed by atoms with Crippen molar-refractivity contribution < 1.29 is 22.4 Å². The molecule has 0 N–H and O–H groups in total. The van der Waals surface area contributed by atoms with E-state index in [1.807, 2.05) is 0 Å². The van der Waals surface area contributed by atoms with E-state index < -0.39 is 26.3 Å². The topological polar surface area (TPSA) is 9.23 Å². The second-order valence-corrected chi connectivity index (χ2v) is 34.9. The van der Waals surface area contributed by atoms with Crippen molar-refractivity contribution in [2.24, 2.45) is 0 Å². The molecule has 4 aromatic carbocycles. The summed E-state index contributed by atoms with van der Waals surface area (Å²) < 4.78 is 5.75. The summed E-state index contributed by atoms with van der Waals surface area (Å²) in [7, 11) is 10.6. The first-order chi connectivity index (χ1) is 14.8. The van der Waals surface area contributed by atoms with Crippen molar-refractivity contribution in [3.8, 4) is 0 Å². The molecule has 0 saturated carbocycles. The fourth-order valence-corrected chi connectivity index (χ4v) is 10.6. The monoisotopic (exact) mass is 564 g/mol. The normalized spacial score (nSPS) is 10.8. The van der Waals surface area contributed by atoms with Gasteiger partial charge in [0, 0.05) is 0 Å². The van der Waals surface area contributed by atoms with Crippen LogP contribution in [-0.4, -0.2) is 20.4 Å². The first-order valence-corrected chi connectivity index (χ1v) is 26.2. The number of fused-ring (bicyclic) bond motifs is 2. The Labute approximate surface area is 203 Å². The first kappa shape index (κ1) is 26.8. The zero-order chi connectivity index (χ0) is 22.7. The summed E-state index contributed by atoms with van der Waals surface area (Å²) in [6, 6.07) is 30.6. The molecule has 0 radical (unpaired) electrons. The maximum absolute atomic E-state index is 5.97.